The fourth-order valence-corrected chi connectivity index (χ4v) is 1.65. The molecule has 15 heavy (non-hydrogen) atoms. The summed E-state index contributed by atoms with van der Waals surface area (Å²) in [5.74, 6) is 1.44. The van der Waals surface area contributed by atoms with Crippen LogP contribution in [0.25, 0.3) is 5.78 Å². The molecule has 2 aromatic heterocycles. The third-order valence-electron chi connectivity index (χ3n) is 2.52. The summed E-state index contributed by atoms with van der Waals surface area (Å²) in [7, 11) is 0. The minimum atomic E-state index is 0.485. The van der Waals surface area contributed by atoms with Crippen LogP contribution in [0, 0.1) is 6.92 Å². The molecule has 78 valence electrons. The maximum Gasteiger partial charge on any atom is 0.255 e. The molecule has 0 bridgehead atoms. The number of fused-ring (bicyclic) bond motifs is 1. The van der Waals surface area contributed by atoms with Crippen molar-refractivity contribution in [2.75, 3.05) is 5.32 Å². The highest BCUT2D eigenvalue weighted by molar-refractivity contribution is 6.30. The average Bonchev–Trinajstić information content (AvgIpc) is 2.92. The van der Waals surface area contributed by atoms with E-state index < -0.39 is 0 Å². The molecule has 2 aromatic rings. The third kappa shape index (κ3) is 1.43. The molecule has 1 saturated carbocycles. The number of nitrogens with zero attached hydrogens (tertiary/aromatic N) is 4. The summed E-state index contributed by atoms with van der Waals surface area (Å²) in [4.78, 5) is 8.16. The predicted octanol–water partition coefficient (Wildman–Crippen LogP) is 1.66. The van der Waals surface area contributed by atoms with E-state index in [4.69, 9.17) is 11.6 Å². The van der Waals surface area contributed by atoms with Crippen molar-refractivity contribution in [1.82, 2.24) is 19.6 Å². The molecule has 0 amide bonds. The molecule has 0 saturated heterocycles. The van der Waals surface area contributed by atoms with Crippen molar-refractivity contribution in [2.24, 2.45) is 0 Å². The van der Waals surface area contributed by atoms with Gasteiger partial charge in [-0.2, -0.15) is 19.6 Å². The molecule has 0 radical (unpaired) electrons. The summed E-state index contributed by atoms with van der Waals surface area (Å²) in [5, 5.41) is 8.00. The van der Waals surface area contributed by atoms with Crippen LogP contribution in [0.2, 0.25) is 5.15 Å². The van der Waals surface area contributed by atoms with E-state index in [0.717, 1.165) is 11.4 Å². The van der Waals surface area contributed by atoms with Crippen molar-refractivity contribution in [1.29, 1.82) is 0 Å². The van der Waals surface area contributed by atoms with Crippen molar-refractivity contribution >= 4 is 23.2 Å². The fraction of sp³-hybridized carbons (Fsp3) is 0.444. The molecular weight excluding hydrogens is 214 g/mol. The van der Waals surface area contributed by atoms with Gasteiger partial charge in [0, 0.05) is 11.6 Å². The highest BCUT2D eigenvalue weighted by atomic mass is 35.5. The summed E-state index contributed by atoms with van der Waals surface area (Å²) in [5.41, 5.74) is 0.918. The molecule has 2 heterocycles. The van der Waals surface area contributed by atoms with E-state index >= 15 is 0 Å². The Hall–Kier alpha value is -1.36. The highest BCUT2D eigenvalue weighted by Gasteiger charge is 2.24. The lowest BCUT2D eigenvalue weighted by Gasteiger charge is -2.10. The number of halogens is 1. The summed E-state index contributed by atoms with van der Waals surface area (Å²) >= 11 is 6.02. The van der Waals surface area contributed by atoms with Crippen LogP contribution < -0.4 is 5.32 Å². The zero-order valence-electron chi connectivity index (χ0n) is 8.24. The average molecular weight is 224 g/mol. The Bertz CT molecular complexity index is 516. The number of anilines is 1. The molecular formula is C9H10ClN5. The number of hydrogen-bond acceptors (Lipinski definition) is 4. The van der Waals surface area contributed by atoms with Gasteiger partial charge in [0.15, 0.2) is 0 Å². The van der Waals surface area contributed by atoms with Gasteiger partial charge in [-0.25, -0.2) is 0 Å². The maximum absolute atomic E-state index is 6.02. The van der Waals surface area contributed by atoms with E-state index in [1.54, 1.807) is 4.52 Å². The van der Waals surface area contributed by atoms with Crippen molar-refractivity contribution in [3.63, 3.8) is 0 Å². The van der Waals surface area contributed by atoms with Gasteiger partial charge in [0.25, 0.3) is 5.78 Å². The second kappa shape index (κ2) is 3.06. The second-order valence-electron chi connectivity index (χ2n) is 3.77. The minimum Gasteiger partial charge on any atom is -0.367 e. The van der Waals surface area contributed by atoms with Crippen LogP contribution >= 0.6 is 11.6 Å². The fourth-order valence-electron chi connectivity index (χ4n) is 1.49. The summed E-state index contributed by atoms with van der Waals surface area (Å²) < 4.78 is 1.69. The van der Waals surface area contributed by atoms with Crippen LogP contribution in [0.15, 0.2) is 6.33 Å². The van der Waals surface area contributed by atoms with E-state index in [0.29, 0.717) is 17.0 Å². The highest BCUT2D eigenvalue weighted by Crippen LogP contribution is 2.28. The Morgan fingerprint density at radius 3 is 3.07 bits per heavy atom. The first kappa shape index (κ1) is 8.91. The van der Waals surface area contributed by atoms with E-state index in [2.05, 4.69) is 20.4 Å². The van der Waals surface area contributed by atoms with E-state index in [9.17, 15) is 0 Å². The molecule has 0 aliphatic heterocycles. The van der Waals surface area contributed by atoms with E-state index in [1.165, 1.54) is 19.2 Å². The Balaban J connectivity index is 2.20. The van der Waals surface area contributed by atoms with Crippen LogP contribution in [-0.4, -0.2) is 25.6 Å². The molecule has 6 heteroatoms. The predicted molar refractivity (Wildman–Crippen MR) is 57.2 cm³/mol. The molecule has 0 spiro atoms. The second-order valence-corrected chi connectivity index (χ2v) is 4.12. The van der Waals surface area contributed by atoms with Gasteiger partial charge in [0.05, 0.1) is 0 Å². The van der Waals surface area contributed by atoms with E-state index in [-0.39, 0.29) is 0 Å². The number of rotatable bonds is 2. The lowest BCUT2D eigenvalue weighted by molar-refractivity contribution is 0.913. The number of nitrogens with one attached hydrogen (secondary N) is 1. The molecule has 5 nitrogen and oxygen atoms in total. The SMILES string of the molecule is Cc1c(Cl)nc2ncnn2c1NC1CC1. The van der Waals surface area contributed by atoms with Gasteiger partial charge >= 0.3 is 0 Å². The largest absolute Gasteiger partial charge is 0.367 e. The van der Waals surface area contributed by atoms with Crippen LogP contribution in [0.5, 0.6) is 0 Å². The maximum atomic E-state index is 6.02. The van der Waals surface area contributed by atoms with Gasteiger partial charge in [-0.05, 0) is 19.8 Å². The lowest BCUT2D eigenvalue weighted by atomic mass is 10.3. The molecule has 1 fully saturated rings. The number of aromatic nitrogens is 4. The normalized spacial score (nSPS) is 15.9. The zero-order chi connectivity index (χ0) is 10.4. The van der Waals surface area contributed by atoms with Crippen molar-refractivity contribution in [3.8, 4) is 0 Å². The Kier molecular flexibility index (Phi) is 1.82. The standard InChI is InChI=1S/C9H10ClN5/c1-5-7(10)14-9-11-4-12-15(9)8(5)13-6-2-3-6/h4,6,13H,2-3H2,1H3. The third-order valence-corrected chi connectivity index (χ3v) is 2.89. The molecule has 1 N–H and O–H groups in total. The van der Waals surface area contributed by atoms with Gasteiger partial charge in [0.2, 0.25) is 0 Å². The first-order valence-electron chi connectivity index (χ1n) is 4.88. The molecule has 1 aliphatic rings. The Morgan fingerprint density at radius 1 is 1.53 bits per heavy atom. The quantitative estimate of drug-likeness (QED) is 0.787. The van der Waals surface area contributed by atoms with Crippen molar-refractivity contribution in [2.45, 2.75) is 25.8 Å². The van der Waals surface area contributed by atoms with Crippen LogP contribution in [0.3, 0.4) is 0 Å². The van der Waals surface area contributed by atoms with Crippen LogP contribution in [0.4, 0.5) is 5.82 Å². The molecule has 1 aliphatic carbocycles. The van der Waals surface area contributed by atoms with Crippen LogP contribution in [-0.2, 0) is 0 Å². The van der Waals surface area contributed by atoms with E-state index in [1.807, 2.05) is 6.92 Å². The Morgan fingerprint density at radius 2 is 2.33 bits per heavy atom. The van der Waals surface area contributed by atoms with Gasteiger partial charge in [-0.15, -0.1) is 0 Å². The number of hydrogen-bond donors (Lipinski definition) is 1. The topological polar surface area (TPSA) is 55.1 Å². The van der Waals surface area contributed by atoms with Gasteiger partial charge in [0.1, 0.15) is 17.3 Å². The summed E-state index contributed by atoms with van der Waals surface area (Å²) in [6.07, 6.45) is 3.89. The molecule has 3 rings (SSSR count). The molecule has 0 atom stereocenters. The zero-order valence-corrected chi connectivity index (χ0v) is 8.99. The van der Waals surface area contributed by atoms with Gasteiger partial charge in [-0.3, -0.25) is 0 Å². The summed E-state index contributed by atoms with van der Waals surface area (Å²) in [6.45, 7) is 1.93. The Labute approximate surface area is 91.5 Å². The first-order chi connectivity index (χ1) is 7.25. The van der Waals surface area contributed by atoms with Crippen molar-refractivity contribution < 1.29 is 0 Å². The lowest BCUT2D eigenvalue weighted by Crippen LogP contribution is -2.10. The van der Waals surface area contributed by atoms with Crippen molar-refractivity contribution in [3.05, 3.63) is 17.0 Å². The smallest absolute Gasteiger partial charge is 0.255 e. The first-order valence-corrected chi connectivity index (χ1v) is 5.26. The molecule has 0 aromatic carbocycles. The van der Waals surface area contributed by atoms with Gasteiger partial charge < -0.3 is 5.32 Å². The minimum absolute atomic E-state index is 0.485. The monoisotopic (exact) mass is 223 g/mol. The molecule has 0 unspecified atom stereocenters. The summed E-state index contributed by atoms with van der Waals surface area (Å²) in [6, 6.07) is 0.551. The van der Waals surface area contributed by atoms with Gasteiger partial charge in [-0.1, -0.05) is 11.6 Å². The van der Waals surface area contributed by atoms with Crippen LogP contribution in [0.1, 0.15) is 18.4 Å².